The molecule has 0 atom stereocenters. The van der Waals surface area contributed by atoms with E-state index in [2.05, 4.69) is 10.6 Å². The van der Waals surface area contributed by atoms with Crippen LogP contribution in [-0.2, 0) is 9.59 Å². The molecule has 1 saturated heterocycles. The fourth-order valence-electron chi connectivity index (χ4n) is 1.94. The van der Waals surface area contributed by atoms with Crippen molar-refractivity contribution in [2.75, 3.05) is 11.9 Å². The van der Waals surface area contributed by atoms with Gasteiger partial charge in [-0.2, -0.15) is 0 Å². The van der Waals surface area contributed by atoms with Crippen LogP contribution in [-0.4, -0.2) is 34.8 Å². The number of imide groups is 1. The fourth-order valence-corrected chi connectivity index (χ4v) is 1.94. The molecular weight excluding hydrogens is 258 g/mol. The molecule has 1 heterocycles. The van der Waals surface area contributed by atoms with Crippen molar-refractivity contribution in [3.63, 3.8) is 0 Å². The van der Waals surface area contributed by atoms with E-state index in [0.29, 0.717) is 5.69 Å². The lowest BCUT2D eigenvalue weighted by Gasteiger charge is -2.15. The fraction of sp³-hybridized carbons (Fsp3) is 0.357. The van der Waals surface area contributed by atoms with Crippen molar-refractivity contribution in [1.29, 1.82) is 0 Å². The van der Waals surface area contributed by atoms with E-state index in [1.165, 1.54) is 0 Å². The summed E-state index contributed by atoms with van der Waals surface area (Å²) >= 11 is 0. The second kappa shape index (κ2) is 4.96. The third-order valence-electron chi connectivity index (χ3n) is 3.08. The molecule has 1 aromatic rings. The van der Waals surface area contributed by atoms with Crippen molar-refractivity contribution >= 4 is 23.5 Å². The Kier molecular flexibility index (Phi) is 3.48. The average Bonchev–Trinajstić information content (AvgIpc) is 2.55. The third kappa shape index (κ3) is 2.79. The van der Waals surface area contributed by atoms with Crippen LogP contribution < -0.4 is 10.6 Å². The minimum Gasteiger partial charge on any atom is -0.325 e. The smallest absolute Gasteiger partial charge is 0.325 e. The van der Waals surface area contributed by atoms with E-state index in [9.17, 15) is 14.4 Å². The highest BCUT2D eigenvalue weighted by Gasteiger charge is 2.44. The predicted molar refractivity (Wildman–Crippen MR) is 74.1 cm³/mol. The Morgan fingerprint density at radius 3 is 2.35 bits per heavy atom. The van der Waals surface area contributed by atoms with E-state index in [1.54, 1.807) is 26.0 Å². The first kappa shape index (κ1) is 14.0. The topological polar surface area (TPSA) is 78.5 Å². The monoisotopic (exact) mass is 275 g/mol. The molecule has 0 radical (unpaired) electrons. The molecule has 6 nitrogen and oxygen atoms in total. The number of urea groups is 1. The van der Waals surface area contributed by atoms with Gasteiger partial charge in [0.1, 0.15) is 12.1 Å². The maximum absolute atomic E-state index is 11.9. The highest BCUT2D eigenvalue weighted by atomic mass is 16.2. The first-order chi connectivity index (χ1) is 9.29. The molecule has 0 saturated carbocycles. The number of carbonyl (C=O) groups is 3. The van der Waals surface area contributed by atoms with E-state index in [-0.39, 0.29) is 6.54 Å². The zero-order chi connectivity index (χ0) is 14.9. The van der Waals surface area contributed by atoms with Gasteiger partial charge in [0.05, 0.1) is 0 Å². The molecule has 0 aromatic heterocycles. The Morgan fingerprint density at radius 1 is 1.25 bits per heavy atom. The predicted octanol–water partition coefficient (Wildman–Crippen LogP) is 1.26. The number of benzene rings is 1. The average molecular weight is 275 g/mol. The van der Waals surface area contributed by atoms with Crippen LogP contribution in [0.5, 0.6) is 0 Å². The molecule has 6 heteroatoms. The highest BCUT2D eigenvalue weighted by Crippen LogP contribution is 2.16. The number of hydrogen-bond acceptors (Lipinski definition) is 3. The summed E-state index contributed by atoms with van der Waals surface area (Å²) < 4.78 is 0. The summed E-state index contributed by atoms with van der Waals surface area (Å²) in [4.78, 5) is 36.4. The molecule has 0 aliphatic carbocycles. The van der Waals surface area contributed by atoms with Crippen LogP contribution in [0.4, 0.5) is 10.5 Å². The SMILES string of the molecule is Cc1ccc(NC(=O)CN2C(=O)NC(C)(C)C2=O)cc1. The number of anilines is 1. The van der Waals surface area contributed by atoms with Gasteiger partial charge in [0.2, 0.25) is 5.91 Å². The minimum absolute atomic E-state index is 0.290. The molecule has 1 aliphatic rings. The summed E-state index contributed by atoms with van der Waals surface area (Å²) in [6.45, 7) is 4.86. The summed E-state index contributed by atoms with van der Waals surface area (Å²) in [5.74, 6) is -0.809. The van der Waals surface area contributed by atoms with E-state index in [0.717, 1.165) is 10.5 Å². The van der Waals surface area contributed by atoms with Gasteiger partial charge in [-0.25, -0.2) is 4.79 Å². The first-order valence-corrected chi connectivity index (χ1v) is 6.30. The van der Waals surface area contributed by atoms with Crippen LogP contribution in [0.15, 0.2) is 24.3 Å². The second-order valence-electron chi connectivity index (χ2n) is 5.36. The summed E-state index contributed by atoms with van der Waals surface area (Å²) in [7, 11) is 0. The van der Waals surface area contributed by atoms with Crippen LogP contribution in [0, 0.1) is 6.92 Å². The number of nitrogens with one attached hydrogen (secondary N) is 2. The largest absolute Gasteiger partial charge is 0.325 e. The molecule has 2 rings (SSSR count). The van der Waals surface area contributed by atoms with Crippen molar-refractivity contribution in [2.45, 2.75) is 26.3 Å². The second-order valence-corrected chi connectivity index (χ2v) is 5.36. The summed E-state index contributed by atoms with van der Waals surface area (Å²) in [5.41, 5.74) is 0.757. The molecule has 1 aliphatic heterocycles. The molecule has 20 heavy (non-hydrogen) atoms. The lowest BCUT2D eigenvalue weighted by Crippen LogP contribution is -2.41. The highest BCUT2D eigenvalue weighted by molar-refractivity contribution is 6.09. The van der Waals surface area contributed by atoms with Crippen molar-refractivity contribution in [3.05, 3.63) is 29.8 Å². The molecule has 106 valence electrons. The standard InChI is InChI=1S/C14H17N3O3/c1-9-4-6-10(7-5-9)15-11(18)8-17-12(19)14(2,3)16-13(17)20/h4-7H,8H2,1-3H3,(H,15,18)(H,16,20). The third-order valence-corrected chi connectivity index (χ3v) is 3.08. The van der Waals surface area contributed by atoms with Crippen molar-refractivity contribution in [1.82, 2.24) is 10.2 Å². The molecule has 1 aromatic carbocycles. The molecular formula is C14H17N3O3. The number of carbonyl (C=O) groups excluding carboxylic acids is 3. The molecule has 1 fully saturated rings. The quantitative estimate of drug-likeness (QED) is 0.815. The number of amides is 4. The zero-order valence-corrected chi connectivity index (χ0v) is 11.7. The number of nitrogens with zero attached hydrogens (tertiary/aromatic N) is 1. The van der Waals surface area contributed by atoms with Gasteiger partial charge in [0.15, 0.2) is 0 Å². The lowest BCUT2D eigenvalue weighted by molar-refractivity contribution is -0.132. The minimum atomic E-state index is -0.957. The normalized spacial score (nSPS) is 17.1. The Bertz CT molecular complexity index is 564. The van der Waals surface area contributed by atoms with Crippen molar-refractivity contribution in [3.8, 4) is 0 Å². The Morgan fingerprint density at radius 2 is 1.85 bits per heavy atom. The van der Waals surface area contributed by atoms with E-state index >= 15 is 0 Å². The van der Waals surface area contributed by atoms with Gasteiger partial charge in [-0.3, -0.25) is 14.5 Å². The van der Waals surface area contributed by atoms with Gasteiger partial charge >= 0.3 is 6.03 Å². The Balaban J connectivity index is 2.00. The molecule has 0 bridgehead atoms. The van der Waals surface area contributed by atoms with Gasteiger partial charge < -0.3 is 10.6 Å². The molecule has 4 amide bonds. The molecule has 0 unspecified atom stereocenters. The van der Waals surface area contributed by atoms with E-state index < -0.39 is 23.4 Å². The summed E-state index contributed by atoms with van der Waals surface area (Å²) in [6.07, 6.45) is 0. The number of rotatable bonds is 3. The van der Waals surface area contributed by atoms with Crippen molar-refractivity contribution in [2.24, 2.45) is 0 Å². The van der Waals surface area contributed by atoms with Gasteiger partial charge in [-0.05, 0) is 32.9 Å². The summed E-state index contributed by atoms with van der Waals surface area (Å²) in [6, 6.07) is 6.73. The maximum Gasteiger partial charge on any atom is 0.325 e. The van der Waals surface area contributed by atoms with Crippen LogP contribution in [0.25, 0.3) is 0 Å². The van der Waals surface area contributed by atoms with Crippen LogP contribution >= 0.6 is 0 Å². The Hall–Kier alpha value is -2.37. The van der Waals surface area contributed by atoms with Gasteiger partial charge in [0, 0.05) is 5.69 Å². The van der Waals surface area contributed by atoms with Crippen molar-refractivity contribution < 1.29 is 14.4 Å². The molecule has 0 spiro atoms. The van der Waals surface area contributed by atoms with E-state index in [1.807, 2.05) is 19.1 Å². The van der Waals surface area contributed by atoms with Crippen LogP contribution in [0.1, 0.15) is 19.4 Å². The van der Waals surface area contributed by atoms with E-state index in [4.69, 9.17) is 0 Å². The zero-order valence-electron chi connectivity index (χ0n) is 11.7. The number of aryl methyl sites for hydroxylation is 1. The maximum atomic E-state index is 11.9. The number of hydrogen-bond donors (Lipinski definition) is 2. The van der Waals surface area contributed by atoms with Crippen LogP contribution in [0.3, 0.4) is 0 Å². The first-order valence-electron chi connectivity index (χ1n) is 6.30. The van der Waals surface area contributed by atoms with Crippen LogP contribution in [0.2, 0.25) is 0 Å². The Labute approximate surface area is 117 Å². The van der Waals surface area contributed by atoms with Gasteiger partial charge in [-0.15, -0.1) is 0 Å². The van der Waals surface area contributed by atoms with Gasteiger partial charge in [-0.1, -0.05) is 17.7 Å². The summed E-state index contributed by atoms with van der Waals surface area (Å²) in [5, 5.41) is 5.18. The van der Waals surface area contributed by atoms with Gasteiger partial charge in [0.25, 0.3) is 5.91 Å². The lowest BCUT2D eigenvalue weighted by atomic mass is 10.1. The molecule has 2 N–H and O–H groups in total.